The van der Waals surface area contributed by atoms with Gasteiger partial charge in [0.15, 0.2) is 0 Å². The van der Waals surface area contributed by atoms with Gasteiger partial charge in [-0.1, -0.05) is 18.2 Å². The van der Waals surface area contributed by atoms with Gasteiger partial charge in [0.05, 0.1) is 16.7 Å². The summed E-state index contributed by atoms with van der Waals surface area (Å²) < 4.78 is 7.34. The lowest BCUT2D eigenvalue weighted by atomic mass is 9.96. The third-order valence-corrected chi connectivity index (χ3v) is 6.24. The van der Waals surface area contributed by atoms with E-state index in [0.29, 0.717) is 13.1 Å². The number of ether oxygens (including phenoxy) is 1. The molecule has 2 fully saturated rings. The lowest BCUT2D eigenvalue weighted by molar-refractivity contribution is -0.125. The zero-order valence-corrected chi connectivity index (χ0v) is 18.9. The third-order valence-electron chi connectivity index (χ3n) is 6.24. The molecule has 0 bridgehead atoms. The molecule has 1 aliphatic heterocycles. The molecule has 7 nitrogen and oxygen atoms in total. The Labute approximate surface area is 177 Å². The van der Waals surface area contributed by atoms with Gasteiger partial charge in [0, 0.05) is 31.4 Å². The molecule has 4 rings (SSSR count). The fourth-order valence-electron chi connectivity index (χ4n) is 4.84. The Morgan fingerprint density at radius 2 is 1.77 bits per heavy atom. The van der Waals surface area contributed by atoms with Gasteiger partial charge in [-0.25, -0.2) is 4.79 Å². The lowest BCUT2D eigenvalue weighted by Crippen LogP contribution is -2.44. The van der Waals surface area contributed by atoms with Gasteiger partial charge in [-0.2, -0.15) is 5.10 Å². The molecule has 2 aromatic rings. The van der Waals surface area contributed by atoms with Crippen LogP contribution in [0.15, 0.2) is 18.2 Å². The second-order valence-corrected chi connectivity index (χ2v) is 10.3. The van der Waals surface area contributed by atoms with E-state index in [9.17, 15) is 9.59 Å². The highest BCUT2D eigenvalue weighted by atomic mass is 16.6. The van der Waals surface area contributed by atoms with E-state index in [1.807, 2.05) is 52.4 Å². The molecule has 1 aromatic carbocycles. The third kappa shape index (κ3) is 3.55. The van der Waals surface area contributed by atoms with Crippen LogP contribution in [0.2, 0.25) is 0 Å². The molecule has 162 valence electrons. The number of nitrogens with zero attached hydrogens (tertiary/aromatic N) is 3. The number of likely N-dealkylation sites (tertiary alicyclic amines) is 1. The summed E-state index contributed by atoms with van der Waals surface area (Å²) in [5, 5.41) is 9.01. The minimum atomic E-state index is -0.591. The van der Waals surface area contributed by atoms with Crippen LogP contribution in [0.25, 0.3) is 10.9 Å². The summed E-state index contributed by atoms with van der Waals surface area (Å²) in [4.78, 5) is 27.0. The highest BCUT2D eigenvalue weighted by Crippen LogP contribution is 2.52. The highest BCUT2D eigenvalue weighted by Gasteiger charge is 2.61. The molecule has 2 unspecified atom stereocenters. The second kappa shape index (κ2) is 6.72. The minimum absolute atomic E-state index is 0.0420. The van der Waals surface area contributed by atoms with Gasteiger partial charge in [-0.05, 0) is 58.9 Å². The maximum atomic E-state index is 13.0. The van der Waals surface area contributed by atoms with Crippen LogP contribution in [0.1, 0.15) is 45.9 Å². The van der Waals surface area contributed by atoms with Gasteiger partial charge in [-0.15, -0.1) is 0 Å². The van der Waals surface area contributed by atoms with E-state index >= 15 is 0 Å². The number of piperidine rings is 1. The first kappa shape index (κ1) is 20.7. The van der Waals surface area contributed by atoms with E-state index in [0.717, 1.165) is 22.2 Å². The zero-order valence-electron chi connectivity index (χ0n) is 18.9. The molecule has 1 aliphatic carbocycles. The van der Waals surface area contributed by atoms with E-state index in [1.54, 1.807) is 4.90 Å². The van der Waals surface area contributed by atoms with Crippen LogP contribution in [0.4, 0.5) is 4.79 Å². The smallest absolute Gasteiger partial charge is 0.410 e. The number of para-hydroxylation sites is 1. The SMILES string of the molecule is Cc1cccc2c(C(C)(C)NC(=O)C3C4CN(C(=O)OC(C)(C)C)C[C@@H]43)nn(C)c12. The van der Waals surface area contributed by atoms with Crippen LogP contribution in [0.3, 0.4) is 0 Å². The van der Waals surface area contributed by atoms with Crippen molar-refractivity contribution < 1.29 is 14.3 Å². The molecule has 1 aromatic heterocycles. The fourth-order valence-corrected chi connectivity index (χ4v) is 4.84. The summed E-state index contributed by atoms with van der Waals surface area (Å²) >= 11 is 0. The molecule has 0 spiro atoms. The van der Waals surface area contributed by atoms with Gasteiger partial charge in [-0.3, -0.25) is 9.48 Å². The van der Waals surface area contributed by atoms with Crippen molar-refractivity contribution in [2.24, 2.45) is 24.8 Å². The standard InChI is InChI=1S/C23H32N4O3/c1-13-9-8-10-14-18(13)26(7)25-19(14)23(5,6)24-20(28)17-15-11-27(12-16(15)17)21(29)30-22(2,3)4/h8-10,15-17H,11-12H2,1-7H3,(H,24,28)/t15-,16?,17?/m0/s1. The summed E-state index contributed by atoms with van der Waals surface area (Å²) in [7, 11) is 1.94. The number of aryl methyl sites for hydroxylation is 2. The van der Waals surface area contributed by atoms with E-state index in [4.69, 9.17) is 9.84 Å². The Bertz CT molecular complexity index is 1010. The number of amides is 2. The Morgan fingerprint density at radius 1 is 1.13 bits per heavy atom. The Hall–Kier alpha value is -2.57. The molecule has 30 heavy (non-hydrogen) atoms. The number of hydrogen-bond acceptors (Lipinski definition) is 4. The predicted molar refractivity (Wildman–Crippen MR) is 115 cm³/mol. The van der Waals surface area contributed by atoms with E-state index in [2.05, 4.69) is 24.4 Å². The number of aromatic nitrogens is 2. The highest BCUT2D eigenvalue weighted by molar-refractivity contribution is 5.88. The normalized spacial score (nSPS) is 23.4. The van der Waals surface area contributed by atoms with E-state index in [1.165, 1.54) is 0 Å². The van der Waals surface area contributed by atoms with E-state index in [-0.39, 0.29) is 29.8 Å². The number of fused-ring (bicyclic) bond motifs is 2. The van der Waals surface area contributed by atoms with Crippen molar-refractivity contribution in [1.82, 2.24) is 20.0 Å². The first-order valence-corrected chi connectivity index (χ1v) is 10.6. The summed E-state index contributed by atoms with van der Waals surface area (Å²) in [6, 6.07) is 6.15. The van der Waals surface area contributed by atoms with Crippen LogP contribution in [-0.2, 0) is 22.1 Å². The molecule has 1 saturated heterocycles. The van der Waals surface area contributed by atoms with Crippen molar-refractivity contribution >= 4 is 22.9 Å². The minimum Gasteiger partial charge on any atom is -0.444 e. The van der Waals surface area contributed by atoms with Crippen LogP contribution in [-0.4, -0.2) is 45.4 Å². The number of benzene rings is 1. The summed E-state index contributed by atoms with van der Waals surface area (Å²) in [5.41, 5.74) is 2.03. The van der Waals surface area contributed by atoms with Crippen LogP contribution in [0.5, 0.6) is 0 Å². The van der Waals surface area contributed by atoms with Crippen molar-refractivity contribution in [1.29, 1.82) is 0 Å². The number of hydrogen-bond donors (Lipinski definition) is 1. The van der Waals surface area contributed by atoms with Gasteiger partial charge in [0.25, 0.3) is 0 Å². The summed E-state index contributed by atoms with van der Waals surface area (Å²) in [6.45, 7) is 12.8. The lowest BCUT2D eigenvalue weighted by Gasteiger charge is -2.27. The average molecular weight is 413 g/mol. The molecule has 2 amide bonds. The molecule has 1 saturated carbocycles. The van der Waals surface area contributed by atoms with Crippen molar-refractivity contribution in [2.75, 3.05) is 13.1 Å². The number of nitrogens with one attached hydrogen (secondary N) is 1. The topological polar surface area (TPSA) is 76.5 Å². The van der Waals surface area contributed by atoms with Gasteiger partial charge < -0.3 is 15.0 Å². The average Bonchev–Trinajstić information content (AvgIpc) is 2.95. The number of carbonyl (C=O) groups excluding carboxylic acids is 2. The van der Waals surface area contributed by atoms with Crippen molar-refractivity contribution in [3.63, 3.8) is 0 Å². The van der Waals surface area contributed by atoms with Crippen molar-refractivity contribution in [3.05, 3.63) is 29.5 Å². The quantitative estimate of drug-likeness (QED) is 0.839. The fraction of sp³-hybridized carbons (Fsp3) is 0.609. The predicted octanol–water partition coefficient (Wildman–Crippen LogP) is 3.35. The van der Waals surface area contributed by atoms with Crippen molar-refractivity contribution in [2.45, 2.75) is 52.7 Å². The monoisotopic (exact) mass is 412 g/mol. The first-order chi connectivity index (χ1) is 13.9. The molecule has 0 radical (unpaired) electrons. The number of rotatable bonds is 3. The van der Waals surface area contributed by atoms with Gasteiger partial charge in [0.1, 0.15) is 5.60 Å². The Balaban J connectivity index is 1.43. The largest absolute Gasteiger partial charge is 0.444 e. The maximum Gasteiger partial charge on any atom is 0.410 e. The zero-order chi connectivity index (χ0) is 22.0. The van der Waals surface area contributed by atoms with E-state index < -0.39 is 11.1 Å². The molecular weight excluding hydrogens is 380 g/mol. The molecule has 1 N–H and O–H groups in total. The van der Waals surface area contributed by atoms with Gasteiger partial charge >= 0.3 is 6.09 Å². The summed E-state index contributed by atoms with van der Waals surface area (Å²) in [6.07, 6.45) is -0.287. The first-order valence-electron chi connectivity index (χ1n) is 10.6. The number of carbonyl (C=O) groups is 2. The molecular formula is C23H32N4O3. The molecule has 2 heterocycles. The van der Waals surface area contributed by atoms with Crippen LogP contribution in [0, 0.1) is 24.7 Å². The summed E-state index contributed by atoms with van der Waals surface area (Å²) in [5.74, 6) is 0.442. The van der Waals surface area contributed by atoms with Gasteiger partial charge in [0.2, 0.25) is 5.91 Å². The molecule has 2 aliphatic rings. The second-order valence-electron chi connectivity index (χ2n) is 10.3. The Kier molecular flexibility index (Phi) is 4.64. The van der Waals surface area contributed by atoms with Crippen LogP contribution < -0.4 is 5.32 Å². The van der Waals surface area contributed by atoms with Crippen molar-refractivity contribution in [3.8, 4) is 0 Å². The molecule has 3 atom stereocenters. The Morgan fingerprint density at radius 3 is 2.37 bits per heavy atom. The maximum absolute atomic E-state index is 13.0. The van der Waals surface area contributed by atoms with Crippen LogP contribution >= 0.6 is 0 Å². The molecule has 7 heteroatoms.